The Morgan fingerprint density at radius 3 is 2.33 bits per heavy atom. The van der Waals surface area contributed by atoms with Crippen LogP contribution in [0, 0.1) is 29.3 Å². The van der Waals surface area contributed by atoms with Gasteiger partial charge in [-0.2, -0.15) is 0 Å². The summed E-state index contributed by atoms with van der Waals surface area (Å²) in [5.41, 5.74) is 2.69. The van der Waals surface area contributed by atoms with Crippen molar-refractivity contribution in [2.45, 2.75) is 46.0 Å². The monoisotopic (exact) mass is 407 g/mol. The maximum Gasteiger partial charge on any atom is 0.166 e. The normalized spacial score (nSPS) is 10.6. The van der Waals surface area contributed by atoms with Gasteiger partial charge in [-0.25, -0.2) is 18.2 Å². The summed E-state index contributed by atoms with van der Waals surface area (Å²) in [6.07, 6.45) is 5.47. The summed E-state index contributed by atoms with van der Waals surface area (Å²) in [5, 5.41) is 0. The smallest absolute Gasteiger partial charge is 0.166 e. The topological polar surface area (TPSA) is 12.9 Å². The number of pyridine rings is 1. The Kier molecular flexibility index (Phi) is 7.30. The van der Waals surface area contributed by atoms with Gasteiger partial charge in [0.25, 0.3) is 0 Å². The van der Waals surface area contributed by atoms with Gasteiger partial charge in [-0.15, -0.1) is 0 Å². The number of aryl methyl sites for hydroxylation is 2. The highest BCUT2D eigenvalue weighted by Crippen LogP contribution is 2.26. The highest BCUT2D eigenvalue weighted by atomic mass is 19.2. The molecule has 0 aliphatic carbocycles. The molecule has 0 aliphatic rings. The van der Waals surface area contributed by atoms with E-state index in [1.807, 2.05) is 19.9 Å². The molecule has 2 aromatic carbocycles. The first-order valence-electron chi connectivity index (χ1n) is 10.3. The zero-order valence-corrected chi connectivity index (χ0v) is 17.2. The molecule has 0 atom stereocenters. The fourth-order valence-corrected chi connectivity index (χ4v) is 3.24. The lowest BCUT2D eigenvalue weighted by atomic mass is 10.0. The van der Waals surface area contributed by atoms with Crippen LogP contribution in [-0.2, 0) is 12.8 Å². The SMILES string of the molecule is CCCCc1ccc(-c2ccc(C#Cc3ccc(CCC)cc3F)nc2)c(F)c1F. The van der Waals surface area contributed by atoms with Crippen LogP contribution in [0.3, 0.4) is 0 Å². The molecule has 4 heteroatoms. The molecule has 0 unspecified atom stereocenters. The number of benzene rings is 2. The Labute approximate surface area is 176 Å². The van der Waals surface area contributed by atoms with E-state index in [0.29, 0.717) is 28.8 Å². The Balaban J connectivity index is 1.80. The average Bonchev–Trinajstić information content (AvgIpc) is 2.75. The molecule has 154 valence electrons. The number of hydrogen-bond acceptors (Lipinski definition) is 1. The van der Waals surface area contributed by atoms with E-state index in [0.717, 1.165) is 31.2 Å². The van der Waals surface area contributed by atoms with Gasteiger partial charge in [0.2, 0.25) is 0 Å². The van der Waals surface area contributed by atoms with Gasteiger partial charge in [0, 0.05) is 17.3 Å². The fourth-order valence-electron chi connectivity index (χ4n) is 3.24. The first-order valence-corrected chi connectivity index (χ1v) is 10.3. The molecule has 1 heterocycles. The minimum atomic E-state index is -0.863. The third-order valence-corrected chi connectivity index (χ3v) is 4.93. The van der Waals surface area contributed by atoms with Crippen LogP contribution in [0.5, 0.6) is 0 Å². The van der Waals surface area contributed by atoms with E-state index >= 15 is 0 Å². The highest BCUT2D eigenvalue weighted by Gasteiger charge is 2.14. The lowest BCUT2D eigenvalue weighted by Gasteiger charge is -2.08. The molecule has 0 N–H and O–H groups in total. The van der Waals surface area contributed by atoms with Crippen molar-refractivity contribution >= 4 is 0 Å². The van der Waals surface area contributed by atoms with Gasteiger partial charge in [0.05, 0.1) is 5.56 Å². The Morgan fingerprint density at radius 1 is 0.833 bits per heavy atom. The van der Waals surface area contributed by atoms with Crippen LogP contribution in [0.15, 0.2) is 48.7 Å². The molecular formula is C26H24F3N. The molecule has 0 spiro atoms. The maximum atomic E-state index is 14.5. The maximum absolute atomic E-state index is 14.5. The average molecular weight is 407 g/mol. The Bertz CT molecular complexity index is 1080. The number of rotatable bonds is 6. The number of nitrogens with zero attached hydrogens (tertiary/aromatic N) is 1. The summed E-state index contributed by atoms with van der Waals surface area (Å²) in [6.45, 7) is 4.05. The highest BCUT2D eigenvalue weighted by molar-refractivity contribution is 5.64. The fraction of sp³-hybridized carbons (Fsp3) is 0.269. The van der Waals surface area contributed by atoms with Crippen LogP contribution in [0.25, 0.3) is 11.1 Å². The number of aromatic nitrogens is 1. The summed E-state index contributed by atoms with van der Waals surface area (Å²) in [6, 6.07) is 11.5. The van der Waals surface area contributed by atoms with Gasteiger partial charge in [-0.3, -0.25) is 0 Å². The summed E-state index contributed by atoms with van der Waals surface area (Å²) in [4.78, 5) is 4.20. The van der Waals surface area contributed by atoms with Gasteiger partial charge in [-0.1, -0.05) is 50.8 Å². The molecule has 0 saturated heterocycles. The predicted octanol–water partition coefficient (Wildman–Crippen LogP) is 6.86. The Hall–Kier alpha value is -3.06. The summed E-state index contributed by atoms with van der Waals surface area (Å²) >= 11 is 0. The third-order valence-electron chi connectivity index (χ3n) is 4.93. The molecule has 3 rings (SSSR count). The molecule has 3 aromatic rings. The Morgan fingerprint density at radius 2 is 1.67 bits per heavy atom. The third kappa shape index (κ3) is 5.10. The quantitative estimate of drug-likeness (QED) is 0.407. The molecule has 0 amide bonds. The minimum Gasteiger partial charge on any atom is -0.247 e. The second-order valence-corrected chi connectivity index (χ2v) is 7.25. The molecule has 1 nitrogen and oxygen atoms in total. The van der Waals surface area contributed by atoms with Gasteiger partial charge < -0.3 is 0 Å². The molecule has 30 heavy (non-hydrogen) atoms. The van der Waals surface area contributed by atoms with Crippen LogP contribution < -0.4 is 0 Å². The van der Waals surface area contributed by atoms with E-state index in [1.54, 1.807) is 30.3 Å². The summed E-state index contributed by atoms with van der Waals surface area (Å²) in [7, 11) is 0. The van der Waals surface area contributed by atoms with E-state index in [-0.39, 0.29) is 11.4 Å². The van der Waals surface area contributed by atoms with Gasteiger partial charge in [0.15, 0.2) is 11.6 Å². The molecule has 0 fully saturated rings. The zero-order chi connectivity index (χ0) is 21.5. The lowest BCUT2D eigenvalue weighted by molar-refractivity contribution is 0.499. The van der Waals surface area contributed by atoms with Crippen LogP contribution in [0.1, 0.15) is 55.5 Å². The van der Waals surface area contributed by atoms with Crippen molar-refractivity contribution < 1.29 is 13.2 Å². The molecular weight excluding hydrogens is 383 g/mol. The van der Waals surface area contributed by atoms with Crippen molar-refractivity contribution in [3.8, 4) is 23.0 Å². The van der Waals surface area contributed by atoms with E-state index in [2.05, 4.69) is 16.8 Å². The molecule has 0 bridgehead atoms. The number of unbranched alkanes of at least 4 members (excludes halogenated alkanes) is 1. The van der Waals surface area contributed by atoms with E-state index in [1.165, 1.54) is 12.3 Å². The van der Waals surface area contributed by atoms with Gasteiger partial charge in [0.1, 0.15) is 11.5 Å². The lowest BCUT2D eigenvalue weighted by Crippen LogP contribution is -1.98. The second-order valence-electron chi connectivity index (χ2n) is 7.25. The van der Waals surface area contributed by atoms with Crippen LogP contribution in [-0.4, -0.2) is 4.98 Å². The predicted molar refractivity (Wildman–Crippen MR) is 115 cm³/mol. The first-order chi connectivity index (χ1) is 14.5. The summed E-state index contributed by atoms with van der Waals surface area (Å²) in [5.74, 6) is 3.59. The van der Waals surface area contributed by atoms with Crippen molar-refractivity contribution in [3.63, 3.8) is 0 Å². The largest absolute Gasteiger partial charge is 0.247 e. The zero-order valence-electron chi connectivity index (χ0n) is 17.2. The second kappa shape index (κ2) is 10.1. The molecule has 0 saturated carbocycles. The van der Waals surface area contributed by atoms with Gasteiger partial charge in [-0.05, 0) is 60.6 Å². The van der Waals surface area contributed by atoms with Crippen molar-refractivity contribution in [1.29, 1.82) is 0 Å². The van der Waals surface area contributed by atoms with E-state index < -0.39 is 11.6 Å². The summed E-state index contributed by atoms with van der Waals surface area (Å²) < 4.78 is 43.0. The standard InChI is InChI=1S/C26H24F3N/c1-3-5-7-20-12-15-23(26(29)25(20)28)21-11-14-22(30-17-21)13-10-19-9-8-18(6-4-2)16-24(19)27/h8-9,11-12,14-17H,3-7H2,1-2H3. The van der Waals surface area contributed by atoms with Crippen molar-refractivity contribution in [1.82, 2.24) is 4.98 Å². The van der Waals surface area contributed by atoms with Crippen molar-refractivity contribution in [2.24, 2.45) is 0 Å². The van der Waals surface area contributed by atoms with Crippen molar-refractivity contribution in [2.75, 3.05) is 0 Å². The van der Waals surface area contributed by atoms with E-state index in [9.17, 15) is 13.2 Å². The van der Waals surface area contributed by atoms with Crippen LogP contribution >= 0.6 is 0 Å². The van der Waals surface area contributed by atoms with Crippen LogP contribution in [0.2, 0.25) is 0 Å². The number of halogens is 3. The first kappa shape index (κ1) is 21.6. The minimum absolute atomic E-state index is 0.164. The van der Waals surface area contributed by atoms with Gasteiger partial charge >= 0.3 is 0 Å². The number of hydrogen-bond donors (Lipinski definition) is 0. The van der Waals surface area contributed by atoms with E-state index in [4.69, 9.17) is 0 Å². The molecule has 1 aromatic heterocycles. The van der Waals surface area contributed by atoms with Crippen molar-refractivity contribution in [3.05, 3.63) is 88.5 Å². The molecule has 0 radical (unpaired) electrons. The van der Waals surface area contributed by atoms with Crippen LogP contribution in [0.4, 0.5) is 13.2 Å². The molecule has 0 aliphatic heterocycles.